The highest BCUT2D eigenvalue weighted by molar-refractivity contribution is 6.27. The van der Waals surface area contributed by atoms with E-state index in [0.29, 0.717) is 28.3 Å². The van der Waals surface area contributed by atoms with Crippen molar-refractivity contribution in [2.24, 2.45) is 5.92 Å². The molecule has 0 radical (unpaired) electrons. The minimum Gasteiger partial charge on any atom is -0.497 e. The molecule has 1 aliphatic heterocycles. The van der Waals surface area contributed by atoms with Crippen LogP contribution in [-0.2, 0) is 29.3 Å². The molecule has 3 amide bonds. The van der Waals surface area contributed by atoms with Crippen LogP contribution in [-0.4, -0.2) is 45.2 Å². The van der Waals surface area contributed by atoms with Crippen LogP contribution >= 0.6 is 0 Å². The molecule has 39 heavy (non-hydrogen) atoms. The van der Waals surface area contributed by atoms with E-state index in [2.05, 4.69) is 5.32 Å². The highest BCUT2D eigenvalue weighted by Gasteiger charge is 2.65. The zero-order valence-electron chi connectivity index (χ0n) is 21.5. The number of fused-ring (bicyclic) bond motifs is 2. The van der Waals surface area contributed by atoms with E-state index in [9.17, 15) is 19.2 Å². The van der Waals surface area contributed by atoms with E-state index in [-0.39, 0.29) is 5.57 Å². The number of para-hydroxylation sites is 2. The number of urea groups is 1. The van der Waals surface area contributed by atoms with E-state index in [0.717, 1.165) is 4.90 Å². The van der Waals surface area contributed by atoms with Crippen LogP contribution in [0.25, 0.3) is 0 Å². The van der Waals surface area contributed by atoms with Gasteiger partial charge < -0.3 is 19.5 Å². The average molecular weight is 527 g/mol. The molecule has 9 heteroatoms. The van der Waals surface area contributed by atoms with Gasteiger partial charge in [-0.15, -0.1) is 0 Å². The lowest BCUT2D eigenvalue weighted by Gasteiger charge is -2.31. The highest BCUT2D eigenvalue weighted by Crippen LogP contribution is 2.58. The number of esters is 2. The Morgan fingerprint density at radius 1 is 0.846 bits per heavy atom. The summed E-state index contributed by atoms with van der Waals surface area (Å²) in [7, 11) is 3.98. The van der Waals surface area contributed by atoms with Crippen molar-refractivity contribution in [3.63, 3.8) is 0 Å². The maximum absolute atomic E-state index is 14.4. The second kappa shape index (κ2) is 10.1. The van der Waals surface area contributed by atoms with Crippen LogP contribution in [0.3, 0.4) is 0 Å². The molecule has 3 aromatic carbocycles. The molecule has 0 fully saturated rings. The Labute approximate surface area is 225 Å². The Morgan fingerprint density at radius 3 is 2.15 bits per heavy atom. The molecule has 1 heterocycles. The van der Waals surface area contributed by atoms with Gasteiger partial charge in [0.25, 0.3) is 5.91 Å². The zero-order chi connectivity index (χ0) is 27.7. The zero-order valence-corrected chi connectivity index (χ0v) is 21.5. The number of ether oxygens (including phenoxy) is 3. The number of hydrogen-bond acceptors (Lipinski definition) is 7. The lowest BCUT2D eigenvalue weighted by molar-refractivity contribution is -0.150. The van der Waals surface area contributed by atoms with Gasteiger partial charge in [0.15, 0.2) is 0 Å². The Kier molecular flexibility index (Phi) is 6.66. The van der Waals surface area contributed by atoms with Crippen molar-refractivity contribution in [1.82, 2.24) is 0 Å². The third-order valence-electron chi connectivity index (χ3n) is 7.27. The lowest BCUT2D eigenvalue weighted by Crippen LogP contribution is -2.49. The van der Waals surface area contributed by atoms with Gasteiger partial charge in [-0.05, 0) is 41.5 Å². The minimum atomic E-state index is -1.70. The number of imide groups is 1. The van der Waals surface area contributed by atoms with Crippen LogP contribution < -0.4 is 15.0 Å². The van der Waals surface area contributed by atoms with Crippen molar-refractivity contribution in [3.05, 3.63) is 102 Å². The van der Waals surface area contributed by atoms with Crippen LogP contribution in [0.2, 0.25) is 0 Å². The summed E-state index contributed by atoms with van der Waals surface area (Å²) in [5.74, 6) is -3.60. The molecule has 0 saturated carbocycles. The molecule has 3 atom stereocenters. The number of nitrogens with zero attached hydrogens (tertiary/aromatic N) is 1. The summed E-state index contributed by atoms with van der Waals surface area (Å²) in [6.45, 7) is 0. The fraction of sp³-hybridized carbons (Fsp3) is 0.200. The molecule has 0 unspecified atom stereocenters. The molecule has 1 aliphatic carbocycles. The summed E-state index contributed by atoms with van der Waals surface area (Å²) in [5, 5.41) is 2.74. The molecular formula is C30H26N2O7. The number of benzene rings is 3. The summed E-state index contributed by atoms with van der Waals surface area (Å²) in [4.78, 5) is 55.6. The number of rotatable bonds is 5. The molecule has 198 valence electrons. The predicted octanol–water partition coefficient (Wildman–Crippen LogP) is 4.20. The van der Waals surface area contributed by atoms with Crippen molar-refractivity contribution >= 4 is 35.3 Å². The SMILES string of the molecule is COC(=O)C1=C[C@]2(C(=O)N(C(=O)Nc3ccccc3)c3ccccc32)[C@@H](C(=O)OC)[C@@H]1c1ccc(OC)cc1. The molecule has 0 aromatic heterocycles. The first-order chi connectivity index (χ1) is 18.9. The fourth-order valence-electron chi connectivity index (χ4n) is 5.57. The molecular weight excluding hydrogens is 500 g/mol. The molecule has 1 spiro atoms. The second-order valence-corrected chi connectivity index (χ2v) is 9.17. The quantitative estimate of drug-likeness (QED) is 0.496. The van der Waals surface area contributed by atoms with Crippen LogP contribution in [0.4, 0.5) is 16.2 Å². The Bertz CT molecular complexity index is 1480. The maximum atomic E-state index is 14.4. The van der Waals surface area contributed by atoms with Gasteiger partial charge in [-0.1, -0.05) is 54.6 Å². The predicted molar refractivity (Wildman–Crippen MR) is 142 cm³/mol. The van der Waals surface area contributed by atoms with Crippen molar-refractivity contribution in [2.45, 2.75) is 11.3 Å². The molecule has 0 bridgehead atoms. The van der Waals surface area contributed by atoms with Gasteiger partial charge in [0.05, 0.1) is 32.9 Å². The number of anilines is 2. The van der Waals surface area contributed by atoms with E-state index in [1.807, 2.05) is 0 Å². The smallest absolute Gasteiger partial charge is 0.334 e. The minimum absolute atomic E-state index is 0.117. The third-order valence-corrected chi connectivity index (χ3v) is 7.27. The van der Waals surface area contributed by atoms with Gasteiger partial charge in [-0.2, -0.15) is 0 Å². The van der Waals surface area contributed by atoms with Crippen molar-refractivity contribution in [1.29, 1.82) is 0 Å². The number of nitrogens with one attached hydrogen (secondary N) is 1. The van der Waals surface area contributed by atoms with Gasteiger partial charge >= 0.3 is 18.0 Å². The summed E-state index contributed by atoms with van der Waals surface area (Å²) >= 11 is 0. The van der Waals surface area contributed by atoms with Gasteiger partial charge in [-0.25, -0.2) is 14.5 Å². The molecule has 5 rings (SSSR count). The van der Waals surface area contributed by atoms with Gasteiger partial charge in [0.1, 0.15) is 11.2 Å². The first kappa shape index (κ1) is 25.7. The summed E-state index contributed by atoms with van der Waals surface area (Å²) in [5.41, 5.74) is 0.202. The Hall–Kier alpha value is -4.92. The molecule has 2 aliphatic rings. The first-order valence-corrected chi connectivity index (χ1v) is 12.2. The fourth-order valence-corrected chi connectivity index (χ4v) is 5.57. The molecule has 9 nitrogen and oxygen atoms in total. The standard InChI is InChI=1S/C30H26N2O7/c1-37-20-15-13-18(14-16-20)24-21(26(33)38-2)17-30(25(24)27(34)39-3)22-11-7-8-12-23(22)32(28(30)35)29(36)31-19-9-5-4-6-10-19/h4-17,24-25H,1-3H3,(H,31,36)/t24-,25-,30-/m1/s1. The first-order valence-electron chi connectivity index (χ1n) is 12.2. The molecule has 0 saturated heterocycles. The average Bonchev–Trinajstić information content (AvgIpc) is 3.46. The van der Waals surface area contributed by atoms with Crippen LogP contribution in [0, 0.1) is 5.92 Å². The summed E-state index contributed by atoms with van der Waals surface area (Å²) < 4.78 is 15.6. The van der Waals surface area contributed by atoms with Gasteiger partial charge in [0.2, 0.25) is 0 Å². The molecule has 3 aromatic rings. The number of hydrogen-bond donors (Lipinski definition) is 1. The van der Waals surface area contributed by atoms with Crippen LogP contribution in [0.1, 0.15) is 17.0 Å². The van der Waals surface area contributed by atoms with E-state index < -0.39 is 41.1 Å². The summed E-state index contributed by atoms with van der Waals surface area (Å²) in [6.07, 6.45) is 1.46. The number of carbonyl (C=O) groups excluding carboxylic acids is 4. The van der Waals surface area contributed by atoms with Gasteiger partial charge in [0, 0.05) is 17.2 Å². The topological polar surface area (TPSA) is 111 Å². The third kappa shape index (κ3) is 4.03. The summed E-state index contributed by atoms with van der Waals surface area (Å²) in [6, 6.07) is 21.6. The van der Waals surface area contributed by atoms with E-state index >= 15 is 0 Å². The van der Waals surface area contributed by atoms with Crippen molar-refractivity contribution < 1.29 is 33.4 Å². The van der Waals surface area contributed by atoms with E-state index in [1.165, 1.54) is 27.4 Å². The highest BCUT2D eigenvalue weighted by atomic mass is 16.5. The van der Waals surface area contributed by atoms with Crippen molar-refractivity contribution in [2.75, 3.05) is 31.5 Å². The second-order valence-electron chi connectivity index (χ2n) is 9.17. The number of amides is 3. The normalized spacial score (nSPS) is 21.3. The largest absolute Gasteiger partial charge is 0.497 e. The van der Waals surface area contributed by atoms with Crippen molar-refractivity contribution in [3.8, 4) is 5.75 Å². The van der Waals surface area contributed by atoms with Crippen LogP contribution in [0.15, 0.2) is 90.5 Å². The Balaban J connectivity index is 1.70. The van der Waals surface area contributed by atoms with Crippen LogP contribution in [0.5, 0.6) is 5.75 Å². The van der Waals surface area contributed by atoms with E-state index in [1.54, 1.807) is 78.9 Å². The number of carbonyl (C=O) groups is 4. The molecule has 1 N–H and O–H groups in total. The monoisotopic (exact) mass is 526 g/mol. The van der Waals surface area contributed by atoms with E-state index in [4.69, 9.17) is 14.2 Å². The Morgan fingerprint density at radius 2 is 1.51 bits per heavy atom. The number of methoxy groups -OCH3 is 3. The lowest BCUT2D eigenvalue weighted by atomic mass is 9.69. The van der Waals surface area contributed by atoms with Gasteiger partial charge in [-0.3, -0.25) is 9.59 Å². The maximum Gasteiger partial charge on any atom is 0.334 e.